The van der Waals surface area contributed by atoms with Crippen LogP contribution in [0.4, 0.5) is 9.18 Å². The fourth-order valence-corrected chi connectivity index (χ4v) is 2.76. The van der Waals surface area contributed by atoms with Crippen LogP contribution in [0.3, 0.4) is 0 Å². The van der Waals surface area contributed by atoms with Gasteiger partial charge in [-0.3, -0.25) is 0 Å². The molecule has 0 unspecified atom stereocenters. The van der Waals surface area contributed by atoms with Gasteiger partial charge in [0.2, 0.25) is 0 Å². The van der Waals surface area contributed by atoms with Crippen LogP contribution in [0, 0.1) is 5.82 Å². The first-order valence-electron chi connectivity index (χ1n) is 7.59. The lowest BCUT2D eigenvalue weighted by Crippen LogP contribution is -2.35. The number of carbonyl (C=O) groups is 1. The van der Waals surface area contributed by atoms with E-state index in [1.54, 1.807) is 4.90 Å². The summed E-state index contributed by atoms with van der Waals surface area (Å²) in [7, 11) is 0. The smallest absolute Gasteiger partial charge is 0.410 e. The molecule has 0 atom stereocenters. The number of hydrogen-bond acceptors (Lipinski definition) is 3. The molecule has 6 heteroatoms. The first kappa shape index (κ1) is 16.5. The maximum absolute atomic E-state index is 13.3. The zero-order chi connectivity index (χ0) is 16.9. The molecule has 0 spiro atoms. The highest BCUT2D eigenvalue weighted by Crippen LogP contribution is 2.28. The molecule has 0 fully saturated rings. The minimum atomic E-state index is -0.431. The van der Waals surface area contributed by atoms with E-state index in [0.29, 0.717) is 25.1 Å². The third kappa shape index (κ3) is 3.92. The van der Waals surface area contributed by atoms with Crippen molar-refractivity contribution in [2.75, 3.05) is 13.1 Å². The fourth-order valence-electron chi connectivity index (χ4n) is 2.54. The molecule has 0 aliphatic carbocycles. The molecule has 2 aromatic rings. The van der Waals surface area contributed by atoms with E-state index in [9.17, 15) is 9.18 Å². The first-order valence-corrected chi connectivity index (χ1v) is 7.97. The molecule has 0 N–H and O–H groups in total. The minimum Gasteiger partial charge on any atom is -0.445 e. The standard InChI is InChI=1S/C18H16ClFN2O2/c19-17-16(10-15(20)11-21-17)14-6-8-22(9-7-14)18(23)24-12-13-4-2-1-3-5-13/h1-6,10-11H,7-9,12H2. The molecule has 0 saturated heterocycles. The van der Waals surface area contributed by atoms with Gasteiger partial charge in [0.05, 0.1) is 6.20 Å². The number of aromatic nitrogens is 1. The van der Waals surface area contributed by atoms with Crippen molar-refractivity contribution in [2.45, 2.75) is 13.0 Å². The van der Waals surface area contributed by atoms with Gasteiger partial charge in [-0.1, -0.05) is 48.0 Å². The average Bonchev–Trinajstić information content (AvgIpc) is 2.63. The zero-order valence-corrected chi connectivity index (χ0v) is 13.7. The second-order valence-electron chi connectivity index (χ2n) is 5.46. The topological polar surface area (TPSA) is 42.4 Å². The van der Waals surface area contributed by atoms with Crippen LogP contribution < -0.4 is 0 Å². The zero-order valence-electron chi connectivity index (χ0n) is 12.9. The van der Waals surface area contributed by atoms with Crippen LogP contribution in [0.15, 0.2) is 48.7 Å². The SMILES string of the molecule is O=C(OCc1ccccc1)N1CC=C(c2cc(F)cnc2Cl)CC1. The van der Waals surface area contributed by atoms with Crippen LogP contribution in [-0.4, -0.2) is 29.1 Å². The summed E-state index contributed by atoms with van der Waals surface area (Å²) in [4.78, 5) is 17.5. The molecule has 1 amide bonds. The van der Waals surface area contributed by atoms with Crippen molar-refractivity contribution in [1.29, 1.82) is 0 Å². The molecule has 1 aliphatic rings. The first-order chi connectivity index (χ1) is 11.6. The molecule has 2 heterocycles. The molecule has 4 nitrogen and oxygen atoms in total. The second-order valence-corrected chi connectivity index (χ2v) is 5.82. The Balaban J connectivity index is 1.60. The van der Waals surface area contributed by atoms with Gasteiger partial charge < -0.3 is 9.64 Å². The number of pyridine rings is 1. The van der Waals surface area contributed by atoms with Gasteiger partial charge in [-0.25, -0.2) is 14.2 Å². The molecule has 3 rings (SSSR count). The Morgan fingerprint density at radius 2 is 2.12 bits per heavy atom. The van der Waals surface area contributed by atoms with E-state index >= 15 is 0 Å². The highest BCUT2D eigenvalue weighted by molar-refractivity contribution is 6.31. The predicted octanol–water partition coefficient (Wildman–Crippen LogP) is 4.30. The van der Waals surface area contributed by atoms with E-state index in [-0.39, 0.29) is 17.9 Å². The molecule has 24 heavy (non-hydrogen) atoms. The predicted molar refractivity (Wildman–Crippen MR) is 90.0 cm³/mol. The van der Waals surface area contributed by atoms with Crippen LogP contribution in [-0.2, 0) is 11.3 Å². The van der Waals surface area contributed by atoms with Gasteiger partial charge >= 0.3 is 6.09 Å². The van der Waals surface area contributed by atoms with E-state index in [2.05, 4.69) is 4.98 Å². The molecule has 1 aromatic heterocycles. The van der Waals surface area contributed by atoms with Crippen molar-refractivity contribution in [3.05, 3.63) is 70.8 Å². The lowest BCUT2D eigenvalue weighted by atomic mass is 10.0. The number of nitrogens with zero attached hydrogens (tertiary/aromatic N) is 2. The Bertz CT molecular complexity index is 765. The Kier molecular flexibility index (Phi) is 5.11. The van der Waals surface area contributed by atoms with Crippen molar-refractivity contribution in [3.8, 4) is 0 Å². The Labute approximate surface area is 144 Å². The van der Waals surface area contributed by atoms with Crippen LogP contribution in [0.2, 0.25) is 5.15 Å². The van der Waals surface area contributed by atoms with Gasteiger partial charge in [-0.05, 0) is 23.6 Å². The molecular formula is C18H16ClFN2O2. The monoisotopic (exact) mass is 346 g/mol. The Hall–Kier alpha value is -2.40. The van der Waals surface area contributed by atoms with Crippen molar-refractivity contribution in [2.24, 2.45) is 0 Å². The Morgan fingerprint density at radius 3 is 2.83 bits per heavy atom. The quantitative estimate of drug-likeness (QED) is 0.778. The molecule has 0 radical (unpaired) electrons. The molecule has 1 aromatic carbocycles. The number of hydrogen-bond donors (Lipinski definition) is 0. The van der Waals surface area contributed by atoms with Crippen molar-refractivity contribution in [1.82, 2.24) is 9.88 Å². The summed E-state index contributed by atoms with van der Waals surface area (Å²) in [6.45, 7) is 1.13. The normalized spacial score (nSPS) is 14.2. The number of amides is 1. The van der Waals surface area contributed by atoms with Crippen LogP contribution >= 0.6 is 11.6 Å². The van der Waals surface area contributed by atoms with Crippen LogP contribution in [0.5, 0.6) is 0 Å². The highest BCUT2D eigenvalue weighted by atomic mass is 35.5. The summed E-state index contributed by atoms with van der Waals surface area (Å²) in [6, 6.07) is 10.9. The summed E-state index contributed by atoms with van der Waals surface area (Å²) in [6.07, 6.45) is 3.15. The largest absolute Gasteiger partial charge is 0.445 e. The maximum atomic E-state index is 13.3. The molecule has 0 bridgehead atoms. The summed E-state index contributed by atoms with van der Waals surface area (Å²) >= 11 is 6.02. The van der Waals surface area contributed by atoms with Crippen molar-refractivity contribution < 1.29 is 13.9 Å². The number of ether oxygens (including phenoxy) is 1. The molecular weight excluding hydrogens is 331 g/mol. The van der Waals surface area contributed by atoms with E-state index in [1.165, 1.54) is 6.07 Å². The van der Waals surface area contributed by atoms with Crippen molar-refractivity contribution >= 4 is 23.3 Å². The van der Waals surface area contributed by atoms with Gasteiger partial charge in [0.15, 0.2) is 0 Å². The van der Waals surface area contributed by atoms with Gasteiger partial charge in [0.1, 0.15) is 17.6 Å². The number of carbonyl (C=O) groups excluding carboxylic acids is 1. The van der Waals surface area contributed by atoms with E-state index in [4.69, 9.17) is 16.3 Å². The maximum Gasteiger partial charge on any atom is 0.410 e. The number of halogens is 2. The summed E-state index contributed by atoms with van der Waals surface area (Å²) in [5, 5.41) is 0.266. The second kappa shape index (κ2) is 7.45. The van der Waals surface area contributed by atoms with Crippen molar-refractivity contribution in [3.63, 3.8) is 0 Å². The van der Waals surface area contributed by atoms with E-state index in [1.807, 2.05) is 36.4 Å². The van der Waals surface area contributed by atoms with Gasteiger partial charge in [0, 0.05) is 18.7 Å². The fraction of sp³-hybridized carbons (Fsp3) is 0.222. The van der Waals surface area contributed by atoms with Gasteiger partial charge in [-0.2, -0.15) is 0 Å². The van der Waals surface area contributed by atoms with E-state index < -0.39 is 5.82 Å². The van der Waals surface area contributed by atoms with Crippen LogP contribution in [0.1, 0.15) is 17.5 Å². The summed E-state index contributed by atoms with van der Waals surface area (Å²) < 4.78 is 18.6. The third-order valence-electron chi connectivity index (χ3n) is 3.82. The van der Waals surface area contributed by atoms with Gasteiger partial charge in [0.25, 0.3) is 0 Å². The lowest BCUT2D eigenvalue weighted by Gasteiger charge is -2.26. The average molecular weight is 347 g/mol. The number of benzene rings is 1. The number of rotatable bonds is 3. The minimum absolute atomic E-state index is 0.242. The van der Waals surface area contributed by atoms with Gasteiger partial charge in [-0.15, -0.1) is 0 Å². The molecule has 124 valence electrons. The molecule has 0 saturated carbocycles. The summed E-state index contributed by atoms with van der Waals surface area (Å²) in [5.41, 5.74) is 2.41. The third-order valence-corrected chi connectivity index (χ3v) is 4.13. The summed E-state index contributed by atoms with van der Waals surface area (Å²) in [5.74, 6) is -0.431. The highest BCUT2D eigenvalue weighted by Gasteiger charge is 2.20. The lowest BCUT2D eigenvalue weighted by molar-refractivity contribution is 0.0998. The van der Waals surface area contributed by atoms with Crippen LogP contribution in [0.25, 0.3) is 5.57 Å². The molecule has 1 aliphatic heterocycles. The Morgan fingerprint density at radius 1 is 1.33 bits per heavy atom. The van der Waals surface area contributed by atoms with E-state index in [0.717, 1.165) is 17.3 Å².